The van der Waals surface area contributed by atoms with Crippen molar-refractivity contribution < 1.29 is 22.7 Å². The van der Waals surface area contributed by atoms with Crippen molar-refractivity contribution in [3.8, 4) is 11.8 Å². The Hall–Kier alpha value is -1.55. The van der Waals surface area contributed by atoms with Gasteiger partial charge in [0, 0.05) is 5.56 Å². The quantitative estimate of drug-likeness (QED) is 0.633. The molecule has 0 aliphatic heterocycles. The summed E-state index contributed by atoms with van der Waals surface area (Å²) >= 11 is 3.00. The van der Waals surface area contributed by atoms with Crippen LogP contribution in [0.4, 0.5) is 13.2 Å². The fraction of sp³-hybridized carbons (Fsp3) is 0.273. The monoisotopic (exact) mass is 321 g/mol. The number of hydrogen-bond donors (Lipinski definition) is 0. The second kappa shape index (κ2) is 5.40. The van der Waals surface area contributed by atoms with E-state index in [2.05, 4.69) is 20.7 Å². The van der Waals surface area contributed by atoms with Crippen molar-refractivity contribution in [2.45, 2.75) is 18.1 Å². The number of rotatable bonds is 3. The summed E-state index contributed by atoms with van der Waals surface area (Å²) in [5.41, 5.74) is -0.533. The zero-order chi connectivity index (χ0) is 13.9. The fourth-order valence-electron chi connectivity index (χ4n) is 1.28. The average molecular weight is 322 g/mol. The van der Waals surface area contributed by atoms with Crippen LogP contribution in [0.15, 0.2) is 18.2 Å². The Balaban J connectivity index is 3.28. The van der Waals surface area contributed by atoms with Gasteiger partial charge in [-0.15, -0.1) is 13.2 Å². The molecule has 0 amide bonds. The molecule has 1 aromatic rings. The van der Waals surface area contributed by atoms with E-state index in [0.29, 0.717) is 0 Å². The van der Waals surface area contributed by atoms with Gasteiger partial charge in [-0.3, -0.25) is 4.79 Å². The van der Waals surface area contributed by atoms with Gasteiger partial charge in [0.25, 0.3) is 0 Å². The van der Waals surface area contributed by atoms with Crippen molar-refractivity contribution in [3.63, 3.8) is 0 Å². The Labute approximate surface area is 109 Å². The van der Waals surface area contributed by atoms with Crippen LogP contribution in [0, 0.1) is 11.3 Å². The summed E-state index contributed by atoms with van der Waals surface area (Å²) in [6, 6.07) is 5.05. The van der Waals surface area contributed by atoms with Crippen molar-refractivity contribution in [2.24, 2.45) is 0 Å². The number of carbonyl (C=O) groups excluding carboxylic acids is 1. The lowest BCUT2D eigenvalue weighted by molar-refractivity contribution is -0.274. The largest absolute Gasteiger partial charge is 0.573 e. The number of nitrogens with zero attached hydrogens (tertiary/aromatic N) is 1. The van der Waals surface area contributed by atoms with Crippen molar-refractivity contribution >= 4 is 21.7 Å². The maximum Gasteiger partial charge on any atom is 0.573 e. The molecule has 0 bridgehead atoms. The van der Waals surface area contributed by atoms with E-state index in [4.69, 9.17) is 5.26 Å². The lowest BCUT2D eigenvalue weighted by Crippen LogP contribution is -2.19. The van der Waals surface area contributed by atoms with Gasteiger partial charge < -0.3 is 4.74 Å². The summed E-state index contributed by atoms with van der Waals surface area (Å²) in [5.74, 6) is -1.16. The van der Waals surface area contributed by atoms with E-state index in [1.54, 1.807) is 6.07 Å². The van der Waals surface area contributed by atoms with E-state index in [0.717, 1.165) is 6.07 Å². The van der Waals surface area contributed by atoms with Gasteiger partial charge in [-0.25, -0.2) is 0 Å². The third-order valence-electron chi connectivity index (χ3n) is 1.99. The lowest BCUT2D eigenvalue weighted by atomic mass is 10.0. The van der Waals surface area contributed by atoms with Crippen LogP contribution in [0.25, 0.3) is 0 Å². The first-order valence-electron chi connectivity index (χ1n) is 4.73. The smallest absolute Gasteiger partial charge is 0.404 e. The minimum Gasteiger partial charge on any atom is -0.404 e. The molecule has 3 nitrogen and oxygen atoms in total. The van der Waals surface area contributed by atoms with Crippen LogP contribution in [-0.4, -0.2) is 17.0 Å². The van der Waals surface area contributed by atoms with E-state index in [1.807, 2.05) is 0 Å². The molecule has 0 saturated heterocycles. The number of hydrogen-bond acceptors (Lipinski definition) is 3. The third-order valence-corrected chi connectivity index (χ3v) is 2.41. The molecular weight excluding hydrogens is 315 g/mol. The van der Waals surface area contributed by atoms with Crippen LogP contribution in [0.2, 0.25) is 0 Å². The van der Waals surface area contributed by atoms with Crippen molar-refractivity contribution in [2.75, 3.05) is 0 Å². The average Bonchev–Trinajstić information content (AvgIpc) is 2.25. The topological polar surface area (TPSA) is 50.1 Å². The standard InChI is InChI=1S/C11H7BrF3NO2/c1-6(12)10(17)7-3-2-4-9(8(7)5-16)18-11(13,14)15/h2-4,6H,1H3. The first-order valence-corrected chi connectivity index (χ1v) is 5.65. The second-order valence-electron chi connectivity index (χ2n) is 3.32. The maximum atomic E-state index is 12.1. The first kappa shape index (κ1) is 14.5. The molecule has 0 spiro atoms. The highest BCUT2D eigenvalue weighted by Crippen LogP contribution is 2.29. The number of ether oxygens (including phenoxy) is 1. The van der Waals surface area contributed by atoms with Gasteiger partial charge in [-0.1, -0.05) is 22.0 Å². The molecule has 0 saturated carbocycles. The predicted octanol–water partition coefficient (Wildman–Crippen LogP) is 3.42. The summed E-state index contributed by atoms with van der Waals surface area (Å²) in [6.45, 7) is 1.51. The highest BCUT2D eigenvalue weighted by atomic mass is 79.9. The van der Waals surface area contributed by atoms with Crippen LogP contribution in [0.3, 0.4) is 0 Å². The highest BCUT2D eigenvalue weighted by Gasteiger charge is 2.33. The van der Waals surface area contributed by atoms with Crippen LogP contribution in [0.5, 0.6) is 5.75 Å². The maximum absolute atomic E-state index is 12.1. The Morgan fingerprint density at radius 1 is 1.50 bits per heavy atom. The normalized spacial score (nSPS) is 12.7. The van der Waals surface area contributed by atoms with Gasteiger partial charge in [0.2, 0.25) is 0 Å². The predicted molar refractivity (Wildman–Crippen MR) is 60.6 cm³/mol. The van der Waals surface area contributed by atoms with Crippen molar-refractivity contribution in [1.29, 1.82) is 5.26 Å². The number of ketones is 1. The Morgan fingerprint density at radius 2 is 2.11 bits per heavy atom. The Morgan fingerprint density at radius 3 is 2.56 bits per heavy atom. The molecular formula is C11H7BrF3NO2. The van der Waals surface area contributed by atoms with Crippen LogP contribution < -0.4 is 4.74 Å². The molecule has 0 aromatic heterocycles. The number of halogens is 4. The van der Waals surface area contributed by atoms with Crippen molar-refractivity contribution in [1.82, 2.24) is 0 Å². The van der Waals surface area contributed by atoms with E-state index < -0.39 is 28.3 Å². The molecule has 0 aliphatic rings. The van der Waals surface area contributed by atoms with E-state index in [-0.39, 0.29) is 5.56 Å². The molecule has 0 aliphatic carbocycles. The molecule has 96 valence electrons. The van der Waals surface area contributed by atoms with E-state index in [9.17, 15) is 18.0 Å². The number of nitriles is 1. The number of Topliss-reactive ketones (excluding diaryl/α,β-unsaturated/α-hetero) is 1. The summed E-state index contributed by atoms with van der Waals surface area (Å²) in [4.78, 5) is 11.1. The van der Waals surface area contributed by atoms with Gasteiger partial charge in [0.15, 0.2) is 5.78 Å². The van der Waals surface area contributed by atoms with Crippen molar-refractivity contribution in [3.05, 3.63) is 29.3 Å². The third kappa shape index (κ3) is 3.47. The van der Waals surface area contributed by atoms with Gasteiger partial charge in [-0.05, 0) is 19.1 Å². The van der Waals surface area contributed by atoms with E-state index in [1.165, 1.54) is 19.1 Å². The van der Waals surface area contributed by atoms with Crippen LogP contribution in [-0.2, 0) is 0 Å². The van der Waals surface area contributed by atoms with Crippen LogP contribution in [0.1, 0.15) is 22.8 Å². The Bertz CT molecular complexity index is 506. The van der Waals surface area contributed by atoms with Gasteiger partial charge >= 0.3 is 6.36 Å². The number of benzene rings is 1. The number of alkyl halides is 4. The van der Waals surface area contributed by atoms with Crippen LogP contribution >= 0.6 is 15.9 Å². The molecule has 1 aromatic carbocycles. The summed E-state index contributed by atoms with van der Waals surface area (Å²) < 4.78 is 40.1. The lowest BCUT2D eigenvalue weighted by Gasteiger charge is -2.12. The molecule has 1 rings (SSSR count). The highest BCUT2D eigenvalue weighted by molar-refractivity contribution is 9.10. The minimum absolute atomic E-state index is 0.108. The van der Waals surface area contributed by atoms with E-state index >= 15 is 0 Å². The molecule has 0 radical (unpaired) electrons. The van der Waals surface area contributed by atoms with Gasteiger partial charge in [-0.2, -0.15) is 5.26 Å². The molecule has 0 fully saturated rings. The van der Waals surface area contributed by atoms with Gasteiger partial charge in [0.05, 0.1) is 4.83 Å². The minimum atomic E-state index is -4.91. The first-order chi connectivity index (χ1) is 8.26. The summed E-state index contributed by atoms with van der Waals surface area (Å²) in [7, 11) is 0. The number of carbonyl (C=O) groups is 1. The molecule has 0 N–H and O–H groups in total. The molecule has 7 heteroatoms. The molecule has 0 heterocycles. The van der Waals surface area contributed by atoms with Gasteiger partial charge in [0.1, 0.15) is 17.4 Å². The zero-order valence-electron chi connectivity index (χ0n) is 9.08. The fourth-order valence-corrected chi connectivity index (χ4v) is 1.52. The summed E-state index contributed by atoms with van der Waals surface area (Å²) in [5, 5.41) is 8.86. The molecule has 1 unspecified atom stereocenters. The summed E-state index contributed by atoms with van der Waals surface area (Å²) in [6.07, 6.45) is -4.91. The second-order valence-corrected chi connectivity index (χ2v) is 4.69. The SMILES string of the molecule is CC(Br)C(=O)c1cccc(OC(F)(F)F)c1C#N. The molecule has 1 atom stereocenters. The zero-order valence-corrected chi connectivity index (χ0v) is 10.7. The molecule has 18 heavy (non-hydrogen) atoms. The Kier molecular flexibility index (Phi) is 4.35.